The summed E-state index contributed by atoms with van der Waals surface area (Å²) >= 11 is 0. The van der Waals surface area contributed by atoms with E-state index in [9.17, 15) is 4.79 Å². The molecule has 1 unspecified atom stereocenters. The van der Waals surface area contributed by atoms with Gasteiger partial charge in [0.1, 0.15) is 22.9 Å². The van der Waals surface area contributed by atoms with Crippen LogP contribution < -0.4 is 14.8 Å². The maximum atomic E-state index is 13.4. The van der Waals surface area contributed by atoms with Gasteiger partial charge in [-0.05, 0) is 37.1 Å². The van der Waals surface area contributed by atoms with Crippen LogP contribution in [0.4, 0.5) is 11.5 Å². The zero-order valence-electron chi connectivity index (χ0n) is 16.9. The summed E-state index contributed by atoms with van der Waals surface area (Å²) in [6.45, 7) is 0.659. The smallest absolute Gasteiger partial charge is 0.261 e. The van der Waals surface area contributed by atoms with Gasteiger partial charge in [-0.25, -0.2) is 4.98 Å². The minimum atomic E-state index is -0.115. The normalized spacial score (nSPS) is 15.7. The molecular weight excluding hydrogens is 382 g/mol. The standard InChI is InChI=1S/C22H23N5O3/c1-29-18-6-3-7-19(30-2)21(18)22(28)27-12-4-5-17(27)16-9-8-15(13-25-16)26-20-14-23-10-11-24-20/h3,6-11,13-14,17H,4-5,12H2,1-2H3,(H,24,26). The Morgan fingerprint density at radius 1 is 1.07 bits per heavy atom. The van der Waals surface area contributed by atoms with Gasteiger partial charge in [0.15, 0.2) is 0 Å². The number of aromatic nitrogens is 3. The van der Waals surface area contributed by atoms with Crippen molar-refractivity contribution in [2.45, 2.75) is 18.9 Å². The fourth-order valence-corrected chi connectivity index (χ4v) is 3.71. The minimum Gasteiger partial charge on any atom is -0.496 e. The number of amides is 1. The summed E-state index contributed by atoms with van der Waals surface area (Å²) in [7, 11) is 3.11. The van der Waals surface area contributed by atoms with Gasteiger partial charge in [-0.15, -0.1) is 0 Å². The third-order valence-corrected chi connectivity index (χ3v) is 5.12. The van der Waals surface area contributed by atoms with Crippen molar-refractivity contribution < 1.29 is 14.3 Å². The van der Waals surface area contributed by atoms with Crippen LogP contribution in [0.25, 0.3) is 0 Å². The van der Waals surface area contributed by atoms with Crippen LogP contribution in [0, 0.1) is 0 Å². The number of nitrogens with zero attached hydrogens (tertiary/aromatic N) is 4. The summed E-state index contributed by atoms with van der Waals surface area (Å²) in [5.41, 5.74) is 2.09. The number of pyridine rings is 1. The van der Waals surface area contributed by atoms with Gasteiger partial charge in [-0.3, -0.25) is 14.8 Å². The van der Waals surface area contributed by atoms with Crippen molar-refractivity contribution >= 4 is 17.4 Å². The van der Waals surface area contributed by atoms with E-state index in [4.69, 9.17) is 9.47 Å². The van der Waals surface area contributed by atoms with Crippen LogP contribution in [0.5, 0.6) is 11.5 Å². The van der Waals surface area contributed by atoms with E-state index in [1.165, 1.54) is 0 Å². The molecule has 0 saturated carbocycles. The van der Waals surface area contributed by atoms with Crippen LogP contribution in [0.1, 0.15) is 34.9 Å². The molecule has 4 rings (SSSR count). The fraction of sp³-hybridized carbons (Fsp3) is 0.273. The van der Waals surface area contributed by atoms with E-state index in [1.54, 1.807) is 57.2 Å². The Morgan fingerprint density at radius 3 is 2.50 bits per heavy atom. The largest absolute Gasteiger partial charge is 0.496 e. The van der Waals surface area contributed by atoms with Gasteiger partial charge in [0.2, 0.25) is 0 Å². The van der Waals surface area contributed by atoms with E-state index in [2.05, 4.69) is 20.3 Å². The molecule has 0 bridgehead atoms. The molecule has 8 nitrogen and oxygen atoms in total. The predicted molar refractivity (Wildman–Crippen MR) is 112 cm³/mol. The highest BCUT2D eigenvalue weighted by Crippen LogP contribution is 2.37. The summed E-state index contributed by atoms with van der Waals surface area (Å²) in [6.07, 6.45) is 8.40. The van der Waals surface area contributed by atoms with Gasteiger partial charge < -0.3 is 19.7 Å². The van der Waals surface area contributed by atoms with Crippen LogP contribution in [-0.2, 0) is 0 Å². The molecule has 0 spiro atoms. The number of carbonyl (C=O) groups is 1. The molecule has 1 atom stereocenters. The third-order valence-electron chi connectivity index (χ3n) is 5.12. The molecule has 0 radical (unpaired) electrons. The molecule has 0 aliphatic carbocycles. The van der Waals surface area contributed by atoms with Crippen LogP contribution >= 0.6 is 0 Å². The van der Waals surface area contributed by atoms with E-state index < -0.39 is 0 Å². The lowest BCUT2D eigenvalue weighted by Gasteiger charge is -2.26. The molecule has 1 amide bonds. The van der Waals surface area contributed by atoms with Crippen molar-refractivity contribution in [2.75, 3.05) is 26.1 Å². The van der Waals surface area contributed by atoms with Crippen molar-refractivity contribution in [3.8, 4) is 11.5 Å². The van der Waals surface area contributed by atoms with Crippen molar-refractivity contribution in [3.63, 3.8) is 0 Å². The summed E-state index contributed by atoms with van der Waals surface area (Å²) in [5.74, 6) is 1.53. The van der Waals surface area contributed by atoms with Crippen molar-refractivity contribution in [1.82, 2.24) is 19.9 Å². The summed E-state index contributed by atoms with van der Waals surface area (Å²) in [5, 5.41) is 3.16. The molecule has 1 aliphatic rings. The van der Waals surface area contributed by atoms with E-state index in [0.717, 1.165) is 24.2 Å². The molecule has 8 heteroatoms. The first kappa shape index (κ1) is 19.6. The van der Waals surface area contributed by atoms with Crippen LogP contribution in [0.2, 0.25) is 0 Å². The Hall–Kier alpha value is -3.68. The maximum absolute atomic E-state index is 13.4. The first-order chi connectivity index (χ1) is 14.7. The maximum Gasteiger partial charge on any atom is 0.261 e. The average molecular weight is 405 g/mol. The second kappa shape index (κ2) is 8.77. The number of nitrogens with one attached hydrogen (secondary N) is 1. The van der Waals surface area contributed by atoms with Crippen molar-refractivity contribution in [1.29, 1.82) is 0 Å². The molecule has 3 aromatic rings. The number of anilines is 2. The highest BCUT2D eigenvalue weighted by Gasteiger charge is 2.34. The lowest BCUT2D eigenvalue weighted by Crippen LogP contribution is -2.31. The molecule has 154 valence electrons. The number of rotatable bonds is 6. The van der Waals surface area contributed by atoms with Crippen LogP contribution in [-0.4, -0.2) is 46.5 Å². The number of benzene rings is 1. The van der Waals surface area contributed by atoms with Crippen LogP contribution in [0.15, 0.2) is 55.1 Å². The number of ether oxygens (including phenoxy) is 2. The zero-order chi connectivity index (χ0) is 20.9. The van der Waals surface area contributed by atoms with E-state index in [0.29, 0.717) is 29.4 Å². The molecule has 1 saturated heterocycles. The minimum absolute atomic E-state index is 0.0994. The molecular formula is C22H23N5O3. The van der Waals surface area contributed by atoms with Gasteiger partial charge in [-0.1, -0.05) is 6.07 Å². The highest BCUT2D eigenvalue weighted by molar-refractivity contribution is 6.00. The van der Waals surface area contributed by atoms with Crippen molar-refractivity contribution in [2.24, 2.45) is 0 Å². The zero-order valence-corrected chi connectivity index (χ0v) is 16.9. The molecule has 1 fully saturated rings. The molecule has 1 N–H and O–H groups in total. The van der Waals surface area contributed by atoms with Gasteiger partial charge in [0.25, 0.3) is 5.91 Å². The quantitative estimate of drug-likeness (QED) is 0.670. The number of methoxy groups -OCH3 is 2. The first-order valence-corrected chi connectivity index (χ1v) is 9.72. The average Bonchev–Trinajstić information content (AvgIpc) is 3.29. The van der Waals surface area contributed by atoms with Gasteiger partial charge in [-0.2, -0.15) is 0 Å². The number of likely N-dealkylation sites (tertiary alicyclic amines) is 1. The summed E-state index contributed by atoms with van der Waals surface area (Å²) in [6, 6.07) is 9.12. The Balaban J connectivity index is 1.56. The number of hydrogen-bond acceptors (Lipinski definition) is 7. The molecule has 1 aliphatic heterocycles. The lowest BCUT2D eigenvalue weighted by atomic mass is 10.1. The topological polar surface area (TPSA) is 89.5 Å². The number of carbonyl (C=O) groups excluding carboxylic acids is 1. The van der Waals surface area contributed by atoms with Gasteiger partial charge >= 0.3 is 0 Å². The van der Waals surface area contributed by atoms with Gasteiger partial charge in [0.05, 0.1) is 44.0 Å². The van der Waals surface area contributed by atoms with E-state index in [-0.39, 0.29) is 11.9 Å². The SMILES string of the molecule is COc1cccc(OC)c1C(=O)N1CCCC1c1ccc(Nc2cnccn2)cn1. The molecule has 30 heavy (non-hydrogen) atoms. The third kappa shape index (κ3) is 3.89. The Morgan fingerprint density at radius 2 is 1.87 bits per heavy atom. The fourth-order valence-electron chi connectivity index (χ4n) is 3.71. The van der Waals surface area contributed by atoms with E-state index in [1.807, 2.05) is 17.0 Å². The van der Waals surface area contributed by atoms with E-state index >= 15 is 0 Å². The lowest BCUT2D eigenvalue weighted by molar-refractivity contribution is 0.0726. The highest BCUT2D eigenvalue weighted by atomic mass is 16.5. The Labute approximate surface area is 174 Å². The van der Waals surface area contributed by atoms with Crippen molar-refractivity contribution in [3.05, 3.63) is 66.4 Å². The first-order valence-electron chi connectivity index (χ1n) is 9.72. The van der Waals surface area contributed by atoms with Crippen LogP contribution in [0.3, 0.4) is 0 Å². The molecule has 1 aromatic carbocycles. The monoisotopic (exact) mass is 405 g/mol. The molecule has 2 aromatic heterocycles. The molecule has 3 heterocycles. The predicted octanol–water partition coefficient (Wildman–Crippen LogP) is 3.61. The Bertz CT molecular complexity index is 989. The second-order valence-electron chi connectivity index (χ2n) is 6.88. The summed E-state index contributed by atoms with van der Waals surface area (Å²) in [4.78, 5) is 28.1. The second-order valence-corrected chi connectivity index (χ2v) is 6.88. The van der Waals surface area contributed by atoms with Gasteiger partial charge in [0, 0.05) is 18.9 Å². The number of hydrogen-bond donors (Lipinski definition) is 1. The Kier molecular flexibility index (Phi) is 5.74. The summed E-state index contributed by atoms with van der Waals surface area (Å²) < 4.78 is 10.8.